The maximum Gasteiger partial charge on any atom is 0.307 e. The molecule has 1 unspecified atom stereocenters. The van der Waals surface area contributed by atoms with Gasteiger partial charge in [-0.25, -0.2) is 0 Å². The van der Waals surface area contributed by atoms with Gasteiger partial charge in [0.25, 0.3) is 0 Å². The fourth-order valence-electron chi connectivity index (χ4n) is 2.43. The third kappa shape index (κ3) is 4.23. The van der Waals surface area contributed by atoms with Crippen LogP contribution in [-0.4, -0.2) is 74.9 Å². The summed E-state index contributed by atoms with van der Waals surface area (Å²) in [4.78, 5) is 16.4. The molecule has 1 aliphatic rings. The number of hydrogen-bond acceptors (Lipinski definition) is 5. The highest BCUT2D eigenvalue weighted by molar-refractivity contribution is 5.70. The highest BCUT2D eigenvalue weighted by Gasteiger charge is 2.36. The van der Waals surface area contributed by atoms with Gasteiger partial charge in [-0.05, 0) is 20.9 Å². The Morgan fingerprint density at radius 1 is 1.28 bits per heavy atom. The lowest BCUT2D eigenvalue weighted by molar-refractivity contribution is -0.148. The molecule has 0 radical (unpaired) electrons. The van der Waals surface area contributed by atoms with Crippen LogP contribution in [0, 0.1) is 0 Å². The first-order valence-corrected chi connectivity index (χ1v) is 6.60. The molecule has 5 heteroatoms. The summed E-state index contributed by atoms with van der Waals surface area (Å²) in [5, 5.41) is 0. The van der Waals surface area contributed by atoms with Gasteiger partial charge >= 0.3 is 5.97 Å². The van der Waals surface area contributed by atoms with Crippen molar-refractivity contribution in [2.24, 2.45) is 0 Å². The lowest BCUT2D eigenvalue weighted by atomic mass is 9.95. The molecule has 1 atom stereocenters. The van der Waals surface area contributed by atoms with Crippen molar-refractivity contribution in [1.82, 2.24) is 9.80 Å². The summed E-state index contributed by atoms with van der Waals surface area (Å²) in [6.07, 6.45) is 0.387. The first-order valence-electron chi connectivity index (χ1n) is 6.60. The number of likely N-dealkylation sites (N-methyl/N-ethyl adjacent to an activating group) is 1. The van der Waals surface area contributed by atoms with Crippen LogP contribution in [0.15, 0.2) is 0 Å². The Labute approximate surface area is 110 Å². The molecule has 0 aliphatic carbocycles. The maximum absolute atomic E-state index is 11.7. The van der Waals surface area contributed by atoms with E-state index in [0.717, 1.165) is 26.2 Å². The Morgan fingerprint density at radius 3 is 2.39 bits per heavy atom. The zero-order chi connectivity index (χ0) is 13.6. The molecule has 0 amide bonds. The fourth-order valence-corrected chi connectivity index (χ4v) is 2.43. The highest BCUT2D eigenvalue weighted by Crippen LogP contribution is 2.22. The number of piperazine rings is 1. The van der Waals surface area contributed by atoms with E-state index in [1.807, 2.05) is 6.92 Å². The zero-order valence-electron chi connectivity index (χ0n) is 12.1. The largest absolute Gasteiger partial charge is 0.466 e. The maximum atomic E-state index is 11.7. The number of nitrogens with zero attached hydrogens (tertiary/aromatic N) is 2. The van der Waals surface area contributed by atoms with Crippen molar-refractivity contribution in [2.45, 2.75) is 25.8 Å². The normalized spacial score (nSPS) is 21.6. The van der Waals surface area contributed by atoms with Gasteiger partial charge < -0.3 is 14.4 Å². The average Bonchev–Trinajstić information content (AvgIpc) is 2.30. The van der Waals surface area contributed by atoms with Gasteiger partial charge in [-0.15, -0.1) is 0 Å². The van der Waals surface area contributed by atoms with Gasteiger partial charge in [-0.1, -0.05) is 0 Å². The molecule has 1 saturated heterocycles. The first kappa shape index (κ1) is 15.4. The minimum Gasteiger partial charge on any atom is -0.466 e. The summed E-state index contributed by atoms with van der Waals surface area (Å²) < 4.78 is 10.4. The van der Waals surface area contributed by atoms with Crippen LogP contribution in [-0.2, 0) is 14.3 Å². The van der Waals surface area contributed by atoms with Crippen molar-refractivity contribution < 1.29 is 14.3 Å². The molecule has 1 fully saturated rings. The molecule has 0 aromatic carbocycles. The van der Waals surface area contributed by atoms with Crippen molar-refractivity contribution >= 4 is 5.97 Å². The molecule has 0 aromatic heterocycles. The van der Waals surface area contributed by atoms with Crippen LogP contribution < -0.4 is 0 Å². The SMILES string of the molecule is CCOC(=O)CC(C)(COC)N1CCN(C)CC1. The van der Waals surface area contributed by atoms with Gasteiger partial charge in [0.05, 0.1) is 25.2 Å². The summed E-state index contributed by atoms with van der Waals surface area (Å²) in [6.45, 7) is 8.90. The molecule has 18 heavy (non-hydrogen) atoms. The third-order valence-electron chi connectivity index (χ3n) is 3.55. The minimum absolute atomic E-state index is 0.143. The minimum atomic E-state index is -0.262. The summed E-state index contributed by atoms with van der Waals surface area (Å²) in [5.41, 5.74) is -0.262. The topological polar surface area (TPSA) is 42.0 Å². The monoisotopic (exact) mass is 258 g/mol. The molecule has 1 heterocycles. The smallest absolute Gasteiger partial charge is 0.307 e. The van der Waals surface area contributed by atoms with E-state index in [-0.39, 0.29) is 11.5 Å². The predicted molar refractivity (Wildman–Crippen MR) is 70.6 cm³/mol. The van der Waals surface area contributed by atoms with E-state index in [1.54, 1.807) is 7.11 Å². The van der Waals surface area contributed by atoms with Crippen LogP contribution in [0.3, 0.4) is 0 Å². The lowest BCUT2D eigenvalue weighted by Gasteiger charge is -2.44. The van der Waals surface area contributed by atoms with E-state index in [4.69, 9.17) is 9.47 Å². The number of ether oxygens (including phenoxy) is 2. The Morgan fingerprint density at radius 2 is 1.89 bits per heavy atom. The number of esters is 1. The van der Waals surface area contributed by atoms with Gasteiger partial charge in [0, 0.05) is 33.3 Å². The number of rotatable bonds is 6. The molecule has 0 bridgehead atoms. The molecule has 1 rings (SSSR count). The van der Waals surface area contributed by atoms with E-state index in [9.17, 15) is 4.79 Å². The van der Waals surface area contributed by atoms with Crippen LogP contribution in [0.4, 0.5) is 0 Å². The van der Waals surface area contributed by atoms with Crippen molar-refractivity contribution in [1.29, 1.82) is 0 Å². The Bertz CT molecular complexity index is 265. The van der Waals surface area contributed by atoms with Gasteiger partial charge in [0.15, 0.2) is 0 Å². The molecule has 0 N–H and O–H groups in total. The number of hydrogen-bond donors (Lipinski definition) is 0. The van der Waals surface area contributed by atoms with Gasteiger partial charge in [-0.2, -0.15) is 0 Å². The Hall–Kier alpha value is -0.650. The summed E-state index contributed by atoms with van der Waals surface area (Å²) in [5.74, 6) is -0.143. The molecule has 0 aromatic rings. The summed E-state index contributed by atoms with van der Waals surface area (Å²) in [6, 6.07) is 0. The molecule has 0 spiro atoms. The van der Waals surface area contributed by atoms with Crippen molar-refractivity contribution in [3.63, 3.8) is 0 Å². The van der Waals surface area contributed by atoms with Crippen LogP contribution in [0.2, 0.25) is 0 Å². The number of carbonyl (C=O) groups is 1. The second kappa shape index (κ2) is 7.07. The molecule has 0 saturated carbocycles. The molecule has 5 nitrogen and oxygen atoms in total. The van der Waals surface area contributed by atoms with E-state index in [0.29, 0.717) is 19.6 Å². The van der Waals surface area contributed by atoms with Crippen molar-refractivity contribution in [2.75, 3.05) is 53.6 Å². The third-order valence-corrected chi connectivity index (χ3v) is 3.55. The molecular weight excluding hydrogens is 232 g/mol. The number of carbonyl (C=O) groups excluding carboxylic acids is 1. The second-order valence-corrected chi connectivity index (χ2v) is 5.20. The molecular formula is C13H26N2O3. The van der Waals surface area contributed by atoms with Gasteiger partial charge in [0.2, 0.25) is 0 Å². The van der Waals surface area contributed by atoms with Crippen LogP contribution in [0.1, 0.15) is 20.3 Å². The van der Waals surface area contributed by atoms with E-state index >= 15 is 0 Å². The fraction of sp³-hybridized carbons (Fsp3) is 0.923. The van der Waals surface area contributed by atoms with Crippen molar-refractivity contribution in [3.8, 4) is 0 Å². The van der Waals surface area contributed by atoms with Gasteiger partial charge in [-0.3, -0.25) is 9.69 Å². The molecule has 1 aliphatic heterocycles. The van der Waals surface area contributed by atoms with E-state index in [1.165, 1.54) is 0 Å². The Balaban J connectivity index is 2.63. The highest BCUT2D eigenvalue weighted by atomic mass is 16.5. The first-order chi connectivity index (χ1) is 8.51. The van der Waals surface area contributed by atoms with Crippen molar-refractivity contribution in [3.05, 3.63) is 0 Å². The summed E-state index contributed by atoms with van der Waals surface area (Å²) >= 11 is 0. The molecule has 106 valence electrons. The Kier molecular flexibility index (Phi) is 6.05. The summed E-state index contributed by atoms with van der Waals surface area (Å²) in [7, 11) is 3.80. The number of methoxy groups -OCH3 is 1. The van der Waals surface area contributed by atoms with Crippen LogP contribution in [0.25, 0.3) is 0 Å². The lowest BCUT2D eigenvalue weighted by Crippen LogP contribution is -2.57. The van der Waals surface area contributed by atoms with Crippen LogP contribution >= 0.6 is 0 Å². The zero-order valence-corrected chi connectivity index (χ0v) is 12.1. The average molecular weight is 258 g/mol. The second-order valence-electron chi connectivity index (χ2n) is 5.20. The van der Waals surface area contributed by atoms with E-state index < -0.39 is 0 Å². The van der Waals surface area contributed by atoms with Gasteiger partial charge in [0.1, 0.15) is 0 Å². The van der Waals surface area contributed by atoms with Crippen LogP contribution in [0.5, 0.6) is 0 Å². The van der Waals surface area contributed by atoms with E-state index in [2.05, 4.69) is 23.8 Å². The quantitative estimate of drug-likeness (QED) is 0.652. The standard InChI is InChI=1S/C13H26N2O3/c1-5-18-12(16)10-13(2,11-17-4)15-8-6-14(3)7-9-15/h5-11H2,1-4H3. The predicted octanol–water partition coefficient (Wildman–Crippen LogP) is 0.592.